The van der Waals surface area contributed by atoms with Gasteiger partial charge < -0.3 is 25.2 Å². The second-order valence-corrected chi connectivity index (χ2v) is 6.09. The second-order valence-electron chi connectivity index (χ2n) is 5.68. The minimum absolute atomic E-state index is 0.679. The fourth-order valence-electron chi connectivity index (χ4n) is 2.35. The van der Waals surface area contributed by atoms with Crippen molar-refractivity contribution >= 4 is 28.7 Å². The maximum Gasteiger partial charge on any atom is 0.170 e. The van der Waals surface area contributed by atoms with Crippen LogP contribution in [-0.2, 0) is 4.74 Å². The van der Waals surface area contributed by atoms with Gasteiger partial charge in [0.2, 0.25) is 0 Å². The van der Waals surface area contributed by atoms with Crippen molar-refractivity contribution in [1.29, 1.82) is 0 Å². The predicted molar refractivity (Wildman–Crippen MR) is 96.9 cm³/mol. The lowest BCUT2D eigenvalue weighted by Crippen LogP contribution is -2.36. The Kier molecular flexibility index (Phi) is 6.89. The maximum absolute atomic E-state index is 5.38. The summed E-state index contributed by atoms with van der Waals surface area (Å²) >= 11 is 5.31. The van der Waals surface area contributed by atoms with Crippen LogP contribution in [-0.4, -0.2) is 63.5 Å². The number of morpholine rings is 1. The van der Waals surface area contributed by atoms with Crippen molar-refractivity contribution in [3.8, 4) is 0 Å². The minimum atomic E-state index is 0.679. The highest BCUT2D eigenvalue weighted by Crippen LogP contribution is 2.18. The Morgan fingerprint density at radius 1 is 1.23 bits per heavy atom. The highest BCUT2D eigenvalue weighted by Gasteiger charge is 2.10. The van der Waals surface area contributed by atoms with Crippen LogP contribution >= 0.6 is 12.2 Å². The molecule has 1 heterocycles. The molecule has 1 aliphatic rings. The quantitative estimate of drug-likeness (QED) is 0.614. The standard InChI is InChI=1S/C16H26N4OS/c1-19(2)9-3-8-17-16(22)18-14-4-6-15(7-5-14)20-10-12-21-13-11-20/h4-7H,3,8-13H2,1-2H3,(H2,17,18,22). The molecule has 0 amide bonds. The van der Waals surface area contributed by atoms with Crippen LogP contribution in [0.5, 0.6) is 0 Å². The molecule has 1 fully saturated rings. The van der Waals surface area contributed by atoms with Crippen LogP contribution in [0.15, 0.2) is 24.3 Å². The van der Waals surface area contributed by atoms with Crippen molar-refractivity contribution < 1.29 is 4.74 Å². The van der Waals surface area contributed by atoms with E-state index in [0.717, 1.165) is 51.5 Å². The van der Waals surface area contributed by atoms with Crippen molar-refractivity contribution in [3.05, 3.63) is 24.3 Å². The summed E-state index contributed by atoms with van der Waals surface area (Å²) in [6.45, 7) is 5.47. The lowest BCUT2D eigenvalue weighted by atomic mass is 10.2. The molecule has 5 nitrogen and oxygen atoms in total. The first kappa shape index (κ1) is 17.0. The molecule has 22 heavy (non-hydrogen) atoms. The SMILES string of the molecule is CN(C)CCCNC(=S)Nc1ccc(N2CCOCC2)cc1. The van der Waals surface area contributed by atoms with Gasteiger partial charge in [-0.1, -0.05) is 0 Å². The first-order valence-corrected chi connectivity index (χ1v) is 8.18. The summed E-state index contributed by atoms with van der Waals surface area (Å²) in [4.78, 5) is 4.51. The molecule has 6 heteroatoms. The molecule has 0 spiro atoms. The zero-order valence-electron chi connectivity index (χ0n) is 13.5. The molecule has 1 aliphatic heterocycles. The van der Waals surface area contributed by atoms with Crippen LogP contribution in [0.3, 0.4) is 0 Å². The summed E-state index contributed by atoms with van der Waals surface area (Å²) in [5.74, 6) is 0. The minimum Gasteiger partial charge on any atom is -0.378 e. The summed E-state index contributed by atoms with van der Waals surface area (Å²) in [5.41, 5.74) is 2.25. The second kappa shape index (κ2) is 8.92. The number of thiocarbonyl (C=S) groups is 1. The Morgan fingerprint density at radius 3 is 2.55 bits per heavy atom. The van der Waals surface area contributed by atoms with E-state index in [1.807, 2.05) is 0 Å². The van der Waals surface area contributed by atoms with E-state index in [4.69, 9.17) is 17.0 Å². The Balaban J connectivity index is 1.74. The van der Waals surface area contributed by atoms with E-state index in [1.54, 1.807) is 0 Å². The molecule has 0 radical (unpaired) electrons. The zero-order valence-corrected chi connectivity index (χ0v) is 14.3. The first-order valence-electron chi connectivity index (χ1n) is 7.77. The number of nitrogens with zero attached hydrogens (tertiary/aromatic N) is 2. The molecule has 1 aromatic carbocycles. The van der Waals surface area contributed by atoms with Gasteiger partial charge in [-0.3, -0.25) is 0 Å². The van der Waals surface area contributed by atoms with Gasteiger partial charge in [0, 0.05) is 31.0 Å². The first-order chi connectivity index (χ1) is 10.6. The highest BCUT2D eigenvalue weighted by atomic mass is 32.1. The molecular formula is C16H26N4OS. The normalized spacial score (nSPS) is 15.0. The molecular weight excluding hydrogens is 296 g/mol. The van der Waals surface area contributed by atoms with Crippen molar-refractivity contribution in [3.63, 3.8) is 0 Å². The lowest BCUT2D eigenvalue weighted by Gasteiger charge is -2.29. The fourth-order valence-corrected chi connectivity index (χ4v) is 2.57. The van der Waals surface area contributed by atoms with E-state index in [-0.39, 0.29) is 0 Å². The largest absolute Gasteiger partial charge is 0.378 e. The summed E-state index contributed by atoms with van der Waals surface area (Å²) in [6, 6.07) is 8.39. The molecule has 2 N–H and O–H groups in total. The number of nitrogens with one attached hydrogen (secondary N) is 2. The van der Waals surface area contributed by atoms with Gasteiger partial charge in [0.05, 0.1) is 13.2 Å². The van der Waals surface area contributed by atoms with E-state index in [2.05, 4.69) is 58.8 Å². The van der Waals surface area contributed by atoms with Gasteiger partial charge in [-0.05, 0) is 63.5 Å². The topological polar surface area (TPSA) is 39.8 Å². The monoisotopic (exact) mass is 322 g/mol. The highest BCUT2D eigenvalue weighted by molar-refractivity contribution is 7.80. The Hall–Kier alpha value is -1.37. The molecule has 0 unspecified atom stereocenters. The molecule has 0 saturated carbocycles. The van der Waals surface area contributed by atoms with Gasteiger partial charge in [-0.2, -0.15) is 0 Å². The van der Waals surface area contributed by atoms with E-state index < -0.39 is 0 Å². The number of anilines is 2. The van der Waals surface area contributed by atoms with Crippen LogP contribution in [0.25, 0.3) is 0 Å². The van der Waals surface area contributed by atoms with Crippen LogP contribution in [0.2, 0.25) is 0 Å². The van der Waals surface area contributed by atoms with Gasteiger partial charge in [0.15, 0.2) is 5.11 Å². The molecule has 0 aromatic heterocycles. The van der Waals surface area contributed by atoms with Crippen LogP contribution < -0.4 is 15.5 Å². The number of rotatable bonds is 6. The molecule has 0 aliphatic carbocycles. The van der Waals surface area contributed by atoms with Gasteiger partial charge in [-0.25, -0.2) is 0 Å². The molecule has 0 atom stereocenters. The third-order valence-corrected chi connectivity index (χ3v) is 3.82. The van der Waals surface area contributed by atoms with Crippen molar-refractivity contribution in [2.45, 2.75) is 6.42 Å². The summed E-state index contributed by atoms with van der Waals surface area (Å²) in [7, 11) is 4.15. The van der Waals surface area contributed by atoms with Crippen molar-refractivity contribution in [2.75, 3.05) is 63.7 Å². The molecule has 0 bridgehead atoms. The number of benzene rings is 1. The molecule has 2 rings (SSSR count). The van der Waals surface area contributed by atoms with Crippen molar-refractivity contribution in [1.82, 2.24) is 10.2 Å². The number of hydrogen-bond acceptors (Lipinski definition) is 4. The molecule has 1 saturated heterocycles. The van der Waals surface area contributed by atoms with Crippen molar-refractivity contribution in [2.24, 2.45) is 0 Å². The number of hydrogen-bond donors (Lipinski definition) is 2. The molecule has 1 aromatic rings. The van der Waals surface area contributed by atoms with E-state index >= 15 is 0 Å². The van der Waals surface area contributed by atoms with Gasteiger partial charge in [0.1, 0.15) is 0 Å². The van der Waals surface area contributed by atoms with E-state index in [0.29, 0.717) is 5.11 Å². The fraction of sp³-hybridized carbons (Fsp3) is 0.562. The summed E-state index contributed by atoms with van der Waals surface area (Å²) in [6.07, 6.45) is 1.07. The van der Waals surface area contributed by atoms with Gasteiger partial charge >= 0.3 is 0 Å². The predicted octanol–water partition coefficient (Wildman–Crippen LogP) is 1.76. The molecule has 122 valence electrons. The van der Waals surface area contributed by atoms with E-state index in [1.165, 1.54) is 5.69 Å². The number of ether oxygens (including phenoxy) is 1. The average molecular weight is 322 g/mol. The zero-order chi connectivity index (χ0) is 15.8. The smallest absolute Gasteiger partial charge is 0.170 e. The summed E-state index contributed by atoms with van der Waals surface area (Å²) in [5, 5.41) is 7.13. The Morgan fingerprint density at radius 2 is 1.91 bits per heavy atom. The van der Waals surface area contributed by atoms with E-state index in [9.17, 15) is 0 Å². The Bertz CT molecular complexity index is 458. The summed E-state index contributed by atoms with van der Waals surface area (Å²) < 4.78 is 5.38. The average Bonchev–Trinajstić information content (AvgIpc) is 2.53. The van der Waals surface area contributed by atoms with Gasteiger partial charge in [0.25, 0.3) is 0 Å². The third kappa shape index (κ3) is 5.79. The third-order valence-electron chi connectivity index (χ3n) is 3.57. The lowest BCUT2D eigenvalue weighted by molar-refractivity contribution is 0.122. The van der Waals surface area contributed by atoms with Gasteiger partial charge in [-0.15, -0.1) is 0 Å². The van der Waals surface area contributed by atoms with Crippen LogP contribution in [0.1, 0.15) is 6.42 Å². The van der Waals surface area contributed by atoms with Crippen LogP contribution in [0, 0.1) is 0 Å². The van der Waals surface area contributed by atoms with Crippen LogP contribution in [0.4, 0.5) is 11.4 Å². The Labute approximate surface area is 138 Å². The maximum atomic E-state index is 5.38.